The van der Waals surface area contributed by atoms with Crippen molar-refractivity contribution in [1.29, 1.82) is 0 Å². The number of aliphatic imine (C=N–C) groups is 1. The third-order valence-electron chi connectivity index (χ3n) is 4.97. The number of benzene rings is 2. The first kappa shape index (κ1) is 21.7. The maximum atomic E-state index is 12.7. The number of hydrogen-bond acceptors (Lipinski definition) is 5. The summed E-state index contributed by atoms with van der Waals surface area (Å²) < 4.78 is 30.3. The van der Waals surface area contributed by atoms with Crippen LogP contribution in [0.1, 0.15) is 5.56 Å². The number of rotatable bonds is 4. The number of ether oxygens (including phenoxy) is 1. The minimum Gasteiger partial charge on any atom is -0.497 e. The van der Waals surface area contributed by atoms with Gasteiger partial charge in [0.25, 0.3) is 5.91 Å². The van der Waals surface area contributed by atoms with E-state index in [2.05, 4.69) is 20.9 Å². The van der Waals surface area contributed by atoms with Crippen LogP contribution in [0.3, 0.4) is 0 Å². The lowest BCUT2D eigenvalue weighted by atomic mass is 10.1. The first-order chi connectivity index (χ1) is 14.3. The summed E-state index contributed by atoms with van der Waals surface area (Å²) in [6.45, 7) is 0. The fourth-order valence-electron chi connectivity index (χ4n) is 3.59. The number of amidine groups is 1. The number of nitrogens with zero attached hydrogens (tertiary/aromatic N) is 2. The van der Waals surface area contributed by atoms with Gasteiger partial charge in [0, 0.05) is 9.72 Å². The van der Waals surface area contributed by atoms with Crippen LogP contribution in [0.4, 0.5) is 5.69 Å². The maximum absolute atomic E-state index is 12.7. The Hall–Kier alpha value is -1.55. The van der Waals surface area contributed by atoms with Crippen molar-refractivity contribution in [3.05, 3.63) is 57.5 Å². The lowest BCUT2D eigenvalue weighted by molar-refractivity contribution is -0.117. The van der Waals surface area contributed by atoms with E-state index in [1.54, 1.807) is 30.2 Å². The quantitative estimate of drug-likeness (QED) is 0.597. The number of thioether (sulfide) groups is 1. The van der Waals surface area contributed by atoms with Gasteiger partial charge < -0.3 is 9.64 Å². The molecular formula is C20H18BrClN2O4S2. The Morgan fingerprint density at radius 3 is 2.67 bits per heavy atom. The minimum absolute atomic E-state index is 0.0166. The van der Waals surface area contributed by atoms with Crippen LogP contribution >= 0.6 is 39.3 Å². The highest BCUT2D eigenvalue weighted by molar-refractivity contribution is 9.10. The van der Waals surface area contributed by atoms with E-state index in [1.807, 2.05) is 24.3 Å². The van der Waals surface area contributed by atoms with E-state index < -0.39 is 9.84 Å². The van der Waals surface area contributed by atoms with Crippen molar-refractivity contribution in [2.24, 2.45) is 4.99 Å². The Morgan fingerprint density at radius 2 is 2.00 bits per heavy atom. The van der Waals surface area contributed by atoms with Gasteiger partial charge in [-0.1, -0.05) is 51.4 Å². The second-order valence-electron chi connectivity index (χ2n) is 7.08. The van der Waals surface area contributed by atoms with Crippen LogP contribution in [0.2, 0.25) is 5.02 Å². The molecule has 2 aromatic carbocycles. The Bertz CT molecular complexity index is 1120. The third-order valence-corrected chi connectivity index (χ3v) is 8.98. The Balaban J connectivity index is 1.63. The van der Waals surface area contributed by atoms with Crippen molar-refractivity contribution in [3.8, 4) is 5.75 Å². The van der Waals surface area contributed by atoms with Crippen LogP contribution in [-0.4, -0.2) is 49.4 Å². The highest BCUT2D eigenvalue weighted by Gasteiger charge is 2.49. The molecule has 2 aliphatic rings. The molecule has 2 aliphatic heterocycles. The molecule has 158 valence electrons. The maximum Gasteiger partial charge on any atom is 0.252 e. The monoisotopic (exact) mass is 528 g/mol. The van der Waals surface area contributed by atoms with Gasteiger partial charge in [0.05, 0.1) is 41.8 Å². The van der Waals surface area contributed by atoms with E-state index in [0.29, 0.717) is 21.6 Å². The Labute approximate surface area is 192 Å². The first-order valence-electron chi connectivity index (χ1n) is 9.11. The largest absolute Gasteiger partial charge is 0.497 e. The van der Waals surface area contributed by atoms with Crippen molar-refractivity contribution in [3.63, 3.8) is 0 Å². The molecule has 0 bridgehead atoms. The summed E-state index contributed by atoms with van der Waals surface area (Å²) in [5.74, 6) is 0.499. The second kappa shape index (κ2) is 8.53. The second-order valence-corrected chi connectivity index (χ2v) is 11.8. The highest BCUT2D eigenvalue weighted by atomic mass is 79.9. The topological polar surface area (TPSA) is 76.0 Å². The van der Waals surface area contributed by atoms with Crippen molar-refractivity contribution >= 4 is 65.9 Å². The van der Waals surface area contributed by atoms with Crippen molar-refractivity contribution in [2.75, 3.05) is 23.5 Å². The van der Waals surface area contributed by atoms with Gasteiger partial charge in [-0.05, 0) is 35.9 Å². The van der Waals surface area contributed by atoms with E-state index in [9.17, 15) is 13.2 Å². The van der Waals surface area contributed by atoms with E-state index in [1.165, 1.54) is 11.8 Å². The van der Waals surface area contributed by atoms with Gasteiger partial charge in [-0.2, -0.15) is 4.99 Å². The fraction of sp³-hybridized carbons (Fsp3) is 0.300. The van der Waals surface area contributed by atoms with Gasteiger partial charge in [-0.15, -0.1) is 0 Å². The van der Waals surface area contributed by atoms with E-state index in [-0.39, 0.29) is 35.1 Å². The molecule has 0 aromatic heterocycles. The zero-order valence-electron chi connectivity index (χ0n) is 15.9. The molecule has 2 aromatic rings. The number of hydrogen-bond donors (Lipinski definition) is 0. The molecule has 0 unspecified atom stereocenters. The van der Waals surface area contributed by atoms with Gasteiger partial charge in [0.2, 0.25) is 0 Å². The highest BCUT2D eigenvalue weighted by Crippen LogP contribution is 2.43. The SMILES string of the molecule is COc1ccc(CC(=O)N=C2S[C@H]3CS(=O)(=O)C[C@@H]3N2c2ccc(Br)cc2Cl)cc1. The zero-order chi connectivity index (χ0) is 21.5. The summed E-state index contributed by atoms with van der Waals surface area (Å²) in [4.78, 5) is 18.8. The van der Waals surface area contributed by atoms with Crippen molar-refractivity contribution in [2.45, 2.75) is 17.7 Å². The molecule has 4 rings (SSSR count). The molecular weight excluding hydrogens is 512 g/mol. The predicted molar refractivity (Wildman–Crippen MR) is 125 cm³/mol. The molecule has 0 aliphatic carbocycles. The summed E-state index contributed by atoms with van der Waals surface area (Å²) >= 11 is 11.2. The fourth-order valence-corrected chi connectivity index (χ4v) is 8.28. The summed E-state index contributed by atoms with van der Waals surface area (Å²) in [5, 5.41) is 0.773. The summed E-state index contributed by atoms with van der Waals surface area (Å²) in [5.41, 5.74) is 1.47. The molecule has 0 saturated carbocycles. The summed E-state index contributed by atoms with van der Waals surface area (Å²) in [6, 6.07) is 12.3. The summed E-state index contributed by atoms with van der Waals surface area (Å²) in [6.07, 6.45) is 0.142. The van der Waals surface area contributed by atoms with Gasteiger partial charge in [0.1, 0.15) is 5.75 Å². The molecule has 0 spiro atoms. The van der Waals surface area contributed by atoms with Gasteiger partial charge in [0.15, 0.2) is 15.0 Å². The average Bonchev–Trinajstić information content (AvgIpc) is 3.13. The molecule has 0 N–H and O–H groups in total. The molecule has 0 radical (unpaired) electrons. The number of halogens is 2. The number of carbonyl (C=O) groups excluding carboxylic acids is 1. The van der Waals surface area contributed by atoms with Gasteiger partial charge >= 0.3 is 0 Å². The van der Waals surface area contributed by atoms with Gasteiger partial charge in [-0.3, -0.25) is 4.79 Å². The van der Waals surface area contributed by atoms with Crippen LogP contribution in [0, 0.1) is 0 Å². The Morgan fingerprint density at radius 1 is 1.27 bits per heavy atom. The molecule has 6 nitrogen and oxygen atoms in total. The van der Waals surface area contributed by atoms with Crippen molar-refractivity contribution in [1.82, 2.24) is 0 Å². The van der Waals surface area contributed by atoms with E-state index >= 15 is 0 Å². The third kappa shape index (κ3) is 4.54. The predicted octanol–water partition coefficient (Wildman–Crippen LogP) is 3.96. The van der Waals surface area contributed by atoms with E-state index in [0.717, 1.165) is 10.0 Å². The lowest BCUT2D eigenvalue weighted by Crippen LogP contribution is -2.38. The average molecular weight is 530 g/mol. The van der Waals surface area contributed by atoms with Crippen molar-refractivity contribution < 1.29 is 17.9 Å². The molecule has 2 atom stereocenters. The molecule has 30 heavy (non-hydrogen) atoms. The van der Waals surface area contributed by atoms with E-state index in [4.69, 9.17) is 16.3 Å². The standard InChI is InChI=1S/C20H18BrClN2O4S2/c1-28-14-5-2-12(3-6-14)8-19(25)23-20-24(16-7-4-13(21)9-15(16)22)17-10-30(26,27)11-18(17)29-20/h2-7,9,17-18H,8,10-11H2,1H3/t17-,18-/m0/s1. The number of sulfone groups is 1. The van der Waals surface area contributed by atoms with Gasteiger partial charge in [-0.25, -0.2) is 8.42 Å². The van der Waals surface area contributed by atoms with Crippen LogP contribution in [0.5, 0.6) is 5.75 Å². The molecule has 2 saturated heterocycles. The molecule has 10 heteroatoms. The lowest BCUT2D eigenvalue weighted by Gasteiger charge is -2.25. The number of amides is 1. The molecule has 1 amide bonds. The normalized spacial score (nSPS) is 23.6. The number of anilines is 1. The number of fused-ring (bicyclic) bond motifs is 1. The smallest absolute Gasteiger partial charge is 0.252 e. The van der Waals surface area contributed by atoms with Crippen LogP contribution in [-0.2, 0) is 21.1 Å². The zero-order valence-corrected chi connectivity index (χ0v) is 19.9. The number of carbonyl (C=O) groups is 1. The van der Waals surface area contributed by atoms with Crippen LogP contribution in [0.15, 0.2) is 51.9 Å². The summed E-state index contributed by atoms with van der Waals surface area (Å²) in [7, 11) is -1.56. The first-order valence-corrected chi connectivity index (χ1v) is 13.0. The van der Waals surface area contributed by atoms with Crippen LogP contribution < -0.4 is 9.64 Å². The number of methoxy groups -OCH3 is 1. The molecule has 2 heterocycles. The van der Waals surface area contributed by atoms with Crippen LogP contribution in [0.25, 0.3) is 0 Å². The Kier molecular flexibility index (Phi) is 6.16. The molecule has 2 fully saturated rings. The minimum atomic E-state index is -3.14.